The molecular formula is C43H76O5. The minimum atomic E-state index is -0.793. The van der Waals surface area contributed by atoms with E-state index in [1.54, 1.807) is 0 Å². The average Bonchev–Trinajstić information content (AvgIpc) is 3.09. The van der Waals surface area contributed by atoms with Crippen LogP contribution in [0.15, 0.2) is 48.6 Å². The van der Waals surface area contributed by atoms with Gasteiger partial charge in [-0.05, 0) is 70.6 Å². The summed E-state index contributed by atoms with van der Waals surface area (Å²) >= 11 is 0. The first kappa shape index (κ1) is 45.9. The second-order valence-corrected chi connectivity index (χ2v) is 13.4. The van der Waals surface area contributed by atoms with Crippen LogP contribution in [0.4, 0.5) is 0 Å². The number of aliphatic hydroxyl groups is 1. The molecule has 0 aliphatic heterocycles. The Morgan fingerprint density at radius 2 is 0.854 bits per heavy atom. The van der Waals surface area contributed by atoms with Crippen LogP contribution < -0.4 is 0 Å². The zero-order chi connectivity index (χ0) is 35.0. The molecule has 0 aromatic rings. The summed E-state index contributed by atoms with van der Waals surface area (Å²) < 4.78 is 10.6. The van der Waals surface area contributed by atoms with Crippen LogP contribution in [0.25, 0.3) is 0 Å². The number of allylic oxidation sites excluding steroid dienone is 8. The highest BCUT2D eigenvalue weighted by Gasteiger charge is 2.16. The monoisotopic (exact) mass is 673 g/mol. The molecule has 0 bridgehead atoms. The normalized spacial score (nSPS) is 12.6. The molecule has 0 aliphatic rings. The van der Waals surface area contributed by atoms with Crippen LogP contribution in [0.5, 0.6) is 0 Å². The summed E-state index contributed by atoms with van der Waals surface area (Å²) in [5, 5.41) is 9.55. The predicted molar refractivity (Wildman–Crippen MR) is 205 cm³/mol. The first-order chi connectivity index (χ1) is 23.6. The van der Waals surface area contributed by atoms with E-state index in [-0.39, 0.29) is 25.2 Å². The lowest BCUT2D eigenvalue weighted by Crippen LogP contribution is -2.28. The molecule has 0 fully saturated rings. The van der Waals surface area contributed by atoms with Crippen molar-refractivity contribution in [2.24, 2.45) is 0 Å². The Bertz CT molecular complexity index is 812. The fourth-order valence-electron chi connectivity index (χ4n) is 5.51. The van der Waals surface area contributed by atoms with Gasteiger partial charge in [0, 0.05) is 12.8 Å². The molecule has 0 heterocycles. The number of rotatable bonds is 36. The van der Waals surface area contributed by atoms with E-state index >= 15 is 0 Å². The van der Waals surface area contributed by atoms with Crippen molar-refractivity contribution in [3.8, 4) is 0 Å². The summed E-state index contributed by atoms with van der Waals surface area (Å²) in [6.07, 6.45) is 48.9. The van der Waals surface area contributed by atoms with Gasteiger partial charge in [-0.3, -0.25) is 9.59 Å². The van der Waals surface area contributed by atoms with Gasteiger partial charge < -0.3 is 14.6 Å². The number of hydrogen-bond acceptors (Lipinski definition) is 5. The van der Waals surface area contributed by atoms with Crippen molar-refractivity contribution in [1.29, 1.82) is 0 Å². The first-order valence-electron chi connectivity index (χ1n) is 20.2. The number of carbonyl (C=O) groups excluding carboxylic acids is 2. The highest BCUT2D eigenvalue weighted by molar-refractivity contribution is 5.70. The van der Waals surface area contributed by atoms with E-state index in [0.29, 0.717) is 19.3 Å². The van der Waals surface area contributed by atoms with Gasteiger partial charge in [0.1, 0.15) is 6.61 Å². The molecule has 0 amide bonds. The number of ether oxygens (including phenoxy) is 2. The molecule has 0 aromatic carbocycles. The van der Waals surface area contributed by atoms with E-state index in [1.165, 1.54) is 122 Å². The second-order valence-electron chi connectivity index (χ2n) is 13.4. The zero-order valence-corrected chi connectivity index (χ0v) is 31.5. The van der Waals surface area contributed by atoms with Gasteiger partial charge in [-0.1, -0.05) is 159 Å². The summed E-state index contributed by atoms with van der Waals surface area (Å²) in [6.45, 7) is 4.08. The fourth-order valence-corrected chi connectivity index (χ4v) is 5.51. The Balaban J connectivity index is 3.64. The Kier molecular flexibility index (Phi) is 37.5. The molecule has 0 rings (SSSR count). The molecule has 0 spiro atoms. The Morgan fingerprint density at radius 1 is 0.479 bits per heavy atom. The SMILES string of the molecule is CCCCCCCCC=CCC=CCC=CCCCC(=O)OC[C@H](CO)OC(=O)CCCCCCCCCC=CCCCCCCCC. The van der Waals surface area contributed by atoms with Crippen LogP contribution in [-0.4, -0.2) is 36.4 Å². The van der Waals surface area contributed by atoms with Crippen molar-refractivity contribution in [3.63, 3.8) is 0 Å². The van der Waals surface area contributed by atoms with Crippen LogP contribution in [-0.2, 0) is 19.1 Å². The van der Waals surface area contributed by atoms with E-state index in [4.69, 9.17) is 9.47 Å². The lowest BCUT2D eigenvalue weighted by atomic mass is 10.1. The van der Waals surface area contributed by atoms with E-state index in [2.05, 4.69) is 62.5 Å². The molecule has 278 valence electrons. The molecule has 0 aromatic heterocycles. The minimum absolute atomic E-state index is 0.0939. The lowest BCUT2D eigenvalue weighted by Gasteiger charge is -2.15. The molecule has 0 aliphatic carbocycles. The highest BCUT2D eigenvalue weighted by Crippen LogP contribution is 2.12. The largest absolute Gasteiger partial charge is 0.462 e. The van der Waals surface area contributed by atoms with Gasteiger partial charge in [0.05, 0.1) is 6.61 Å². The summed E-state index contributed by atoms with van der Waals surface area (Å²) in [4.78, 5) is 24.2. The molecular weight excluding hydrogens is 596 g/mol. The number of hydrogen-bond donors (Lipinski definition) is 1. The zero-order valence-electron chi connectivity index (χ0n) is 31.5. The molecule has 0 radical (unpaired) electrons. The molecule has 5 nitrogen and oxygen atoms in total. The number of aliphatic hydroxyl groups excluding tert-OH is 1. The fraction of sp³-hybridized carbons (Fsp3) is 0.767. The maximum absolute atomic E-state index is 12.2. The molecule has 0 unspecified atom stereocenters. The molecule has 1 atom stereocenters. The summed E-state index contributed by atoms with van der Waals surface area (Å²) in [7, 11) is 0. The number of unbranched alkanes of at least 4 members (excludes halogenated alkanes) is 20. The number of carbonyl (C=O) groups is 2. The molecule has 48 heavy (non-hydrogen) atoms. The summed E-state index contributed by atoms with van der Waals surface area (Å²) in [6, 6.07) is 0. The topological polar surface area (TPSA) is 72.8 Å². The van der Waals surface area contributed by atoms with Gasteiger partial charge in [0.25, 0.3) is 0 Å². The van der Waals surface area contributed by atoms with Gasteiger partial charge >= 0.3 is 11.9 Å². The van der Waals surface area contributed by atoms with Crippen molar-refractivity contribution in [2.45, 2.75) is 200 Å². The molecule has 0 saturated heterocycles. The van der Waals surface area contributed by atoms with Crippen LogP contribution in [0.1, 0.15) is 194 Å². The van der Waals surface area contributed by atoms with Crippen molar-refractivity contribution in [1.82, 2.24) is 0 Å². The predicted octanol–water partition coefficient (Wildman–Crippen LogP) is 12.6. The van der Waals surface area contributed by atoms with Gasteiger partial charge in [0.15, 0.2) is 6.10 Å². The van der Waals surface area contributed by atoms with Gasteiger partial charge in [-0.15, -0.1) is 0 Å². The maximum atomic E-state index is 12.2. The maximum Gasteiger partial charge on any atom is 0.306 e. The third-order valence-corrected chi connectivity index (χ3v) is 8.60. The highest BCUT2D eigenvalue weighted by atomic mass is 16.6. The number of esters is 2. The summed E-state index contributed by atoms with van der Waals surface area (Å²) in [5.74, 6) is -0.657. The third-order valence-electron chi connectivity index (χ3n) is 8.60. The minimum Gasteiger partial charge on any atom is -0.462 e. The van der Waals surface area contributed by atoms with Crippen molar-refractivity contribution in [3.05, 3.63) is 48.6 Å². The Labute approximate surface area is 297 Å². The molecule has 1 N–H and O–H groups in total. The van der Waals surface area contributed by atoms with E-state index < -0.39 is 6.10 Å². The summed E-state index contributed by atoms with van der Waals surface area (Å²) in [5.41, 5.74) is 0. The van der Waals surface area contributed by atoms with Crippen LogP contribution >= 0.6 is 0 Å². The van der Waals surface area contributed by atoms with E-state index in [0.717, 1.165) is 38.5 Å². The van der Waals surface area contributed by atoms with Crippen molar-refractivity contribution >= 4 is 11.9 Å². The first-order valence-corrected chi connectivity index (χ1v) is 20.2. The van der Waals surface area contributed by atoms with E-state index in [9.17, 15) is 14.7 Å². The standard InChI is InChI=1S/C43H76O5/c1-3-5-7-9-11-13-15-17-19-21-23-25-27-29-31-33-35-37-42(45)47-40-41(39-44)48-43(46)38-36-34-32-30-28-26-24-22-20-18-16-14-12-10-8-6-4-2/h17-20,23,25,29,31,41,44H,3-16,21-22,24,26-28,30,32-40H2,1-2H3/t41-/m0/s1. The molecule has 0 saturated carbocycles. The Hall–Kier alpha value is -2.14. The van der Waals surface area contributed by atoms with E-state index in [1.807, 2.05) is 0 Å². The smallest absolute Gasteiger partial charge is 0.306 e. The van der Waals surface area contributed by atoms with Crippen LogP contribution in [0.2, 0.25) is 0 Å². The quantitative estimate of drug-likeness (QED) is 0.0407. The molecule has 5 heteroatoms. The van der Waals surface area contributed by atoms with Gasteiger partial charge in [0.2, 0.25) is 0 Å². The van der Waals surface area contributed by atoms with Crippen LogP contribution in [0, 0.1) is 0 Å². The van der Waals surface area contributed by atoms with Gasteiger partial charge in [-0.2, -0.15) is 0 Å². The lowest BCUT2D eigenvalue weighted by molar-refractivity contribution is -0.161. The average molecular weight is 673 g/mol. The van der Waals surface area contributed by atoms with Crippen molar-refractivity contribution < 1.29 is 24.2 Å². The second kappa shape index (κ2) is 39.3. The Morgan fingerprint density at radius 3 is 1.33 bits per heavy atom. The van der Waals surface area contributed by atoms with Crippen molar-refractivity contribution in [2.75, 3.05) is 13.2 Å². The third kappa shape index (κ3) is 36.7. The van der Waals surface area contributed by atoms with Gasteiger partial charge in [-0.25, -0.2) is 0 Å². The van der Waals surface area contributed by atoms with Crippen LogP contribution in [0.3, 0.4) is 0 Å².